The minimum Gasteiger partial charge on any atom is -0.496 e. The predicted octanol–water partition coefficient (Wildman–Crippen LogP) is 3.08. The SMILES string of the molecule is CNC(c1ccc2c(c1)CCO2)c1cc(F)ccc1OC. The van der Waals surface area contributed by atoms with Crippen molar-refractivity contribution in [2.75, 3.05) is 20.8 Å². The van der Waals surface area contributed by atoms with Crippen molar-refractivity contribution >= 4 is 0 Å². The van der Waals surface area contributed by atoms with Crippen LogP contribution in [0.25, 0.3) is 0 Å². The topological polar surface area (TPSA) is 30.5 Å². The van der Waals surface area contributed by atoms with Crippen molar-refractivity contribution in [3.8, 4) is 11.5 Å². The quantitative estimate of drug-likeness (QED) is 0.937. The Morgan fingerprint density at radius 3 is 2.86 bits per heavy atom. The van der Waals surface area contributed by atoms with Crippen LogP contribution >= 0.6 is 0 Å². The van der Waals surface area contributed by atoms with Gasteiger partial charge in [-0.25, -0.2) is 4.39 Å². The van der Waals surface area contributed by atoms with Crippen LogP contribution in [-0.4, -0.2) is 20.8 Å². The molecule has 1 aliphatic heterocycles. The van der Waals surface area contributed by atoms with Crippen LogP contribution in [0, 0.1) is 5.82 Å². The van der Waals surface area contributed by atoms with Gasteiger partial charge in [0.1, 0.15) is 17.3 Å². The van der Waals surface area contributed by atoms with Crippen molar-refractivity contribution < 1.29 is 13.9 Å². The standard InChI is InChI=1S/C17H18FNO2/c1-19-17(14-10-13(18)4-6-16(14)20-2)12-3-5-15-11(9-12)7-8-21-15/h3-6,9-10,17,19H,7-8H2,1-2H3. The van der Waals surface area contributed by atoms with Gasteiger partial charge in [0.15, 0.2) is 0 Å². The van der Waals surface area contributed by atoms with Crippen LogP contribution in [0.4, 0.5) is 4.39 Å². The number of hydrogen-bond donors (Lipinski definition) is 1. The van der Waals surface area contributed by atoms with E-state index < -0.39 is 0 Å². The largest absolute Gasteiger partial charge is 0.496 e. The van der Waals surface area contributed by atoms with E-state index in [1.165, 1.54) is 17.7 Å². The Balaban J connectivity index is 2.04. The molecule has 0 amide bonds. The summed E-state index contributed by atoms with van der Waals surface area (Å²) in [5, 5.41) is 3.24. The fraction of sp³-hybridized carbons (Fsp3) is 0.294. The second-order valence-corrected chi connectivity index (χ2v) is 5.07. The highest BCUT2D eigenvalue weighted by molar-refractivity contribution is 5.46. The van der Waals surface area contributed by atoms with E-state index in [-0.39, 0.29) is 11.9 Å². The average molecular weight is 287 g/mol. The van der Waals surface area contributed by atoms with Gasteiger partial charge in [-0.3, -0.25) is 0 Å². The predicted molar refractivity (Wildman–Crippen MR) is 79.5 cm³/mol. The van der Waals surface area contributed by atoms with E-state index in [1.807, 2.05) is 19.2 Å². The highest BCUT2D eigenvalue weighted by atomic mass is 19.1. The molecule has 1 unspecified atom stereocenters. The molecule has 0 bridgehead atoms. The molecule has 1 heterocycles. The molecule has 0 fully saturated rings. The molecule has 0 radical (unpaired) electrons. The molecule has 0 saturated heterocycles. The molecule has 0 aromatic heterocycles. The number of fused-ring (bicyclic) bond motifs is 1. The van der Waals surface area contributed by atoms with Crippen molar-refractivity contribution in [2.45, 2.75) is 12.5 Å². The van der Waals surface area contributed by atoms with Gasteiger partial charge >= 0.3 is 0 Å². The van der Waals surface area contributed by atoms with Gasteiger partial charge in [0.2, 0.25) is 0 Å². The molecule has 110 valence electrons. The fourth-order valence-corrected chi connectivity index (χ4v) is 2.82. The van der Waals surface area contributed by atoms with E-state index in [4.69, 9.17) is 9.47 Å². The summed E-state index contributed by atoms with van der Waals surface area (Å²) in [6.45, 7) is 0.728. The molecule has 3 nitrogen and oxygen atoms in total. The lowest BCUT2D eigenvalue weighted by atomic mass is 9.95. The molecule has 0 spiro atoms. The van der Waals surface area contributed by atoms with Gasteiger partial charge in [0, 0.05) is 12.0 Å². The van der Waals surface area contributed by atoms with Crippen molar-refractivity contribution in [2.24, 2.45) is 0 Å². The van der Waals surface area contributed by atoms with Crippen LogP contribution in [0.15, 0.2) is 36.4 Å². The molecule has 1 aliphatic rings. The molecular formula is C17H18FNO2. The van der Waals surface area contributed by atoms with Crippen molar-refractivity contribution in [3.05, 3.63) is 58.9 Å². The third-order valence-electron chi connectivity index (χ3n) is 3.84. The Kier molecular flexibility index (Phi) is 3.80. The van der Waals surface area contributed by atoms with Gasteiger partial charge in [0.05, 0.1) is 19.8 Å². The highest BCUT2D eigenvalue weighted by Crippen LogP contribution is 2.34. The summed E-state index contributed by atoms with van der Waals surface area (Å²) < 4.78 is 24.5. The Hall–Kier alpha value is -2.07. The van der Waals surface area contributed by atoms with Gasteiger partial charge in [-0.05, 0) is 42.4 Å². The molecule has 0 saturated carbocycles. The van der Waals surface area contributed by atoms with E-state index in [9.17, 15) is 4.39 Å². The molecule has 2 aromatic carbocycles. The third kappa shape index (κ3) is 2.59. The minimum absolute atomic E-state index is 0.124. The summed E-state index contributed by atoms with van der Waals surface area (Å²) in [5.74, 6) is 1.35. The maximum absolute atomic E-state index is 13.6. The van der Waals surface area contributed by atoms with Crippen molar-refractivity contribution in [1.29, 1.82) is 0 Å². The summed E-state index contributed by atoms with van der Waals surface area (Å²) in [6, 6.07) is 10.6. The van der Waals surface area contributed by atoms with E-state index in [1.54, 1.807) is 13.2 Å². The molecular weight excluding hydrogens is 269 g/mol. The summed E-state index contributed by atoms with van der Waals surface area (Å²) in [4.78, 5) is 0. The zero-order valence-electron chi connectivity index (χ0n) is 12.2. The van der Waals surface area contributed by atoms with Crippen LogP contribution < -0.4 is 14.8 Å². The van der Waals surface area contributed by atoms with Crippen molar-refractivity contribution in [1.82, 2.24) is 5.32 Å². The van der Waals surface area contributed by atoms with Crippen molar-refractivity contribution in [3.63, 3.8) is 0 Å². The first kappa shape index (κ1) is 13.9. The Morgan fingerprint density at radius 1 is 1.24 bits per heavy atom. The van der Waals surface area contributed by atoms with Gasteiger partial charge in [-0.1, -0.05) is 12.1 Å². The smallest absolute Gasteiger partial charge is 0.124 e. The zero-order chi connectivity index (χ0) is 14.8. The number of methoxy groups -OCH3 is 1. The van der Waals surface area contributed by atoms with Gasteiger partial charge < -0.3 is 14.8 Å². The van der Waals surface area contributed by atoms with Crippen LogP contribution in [-0.2, 0) is 6.42 Å². The lowest BCUT2D eigenvalue weighted by Gasteiger charge is -2.20. The Labute approximate surface area is 123 Å². The number of rotatable bonds is 4. The van der Waals surface area contributed by atoms with Crippen LogP contribution in [0.1, 0.15) is 22.7 Å². The first-order valence-corrected chi connectivity index (χ1v) is 6.99. The third-order valence-corrected chi connectivity index (χ3v) is 3.84. The number of halogens is 1. The normalized spacial score (nSPS) is 14.4. The lowest BCUT2D eigenvalue weighted by molar-refractivity contribution is 0.357. The molecule has 2 aromatic rings. The molecule has 3 rings (SSSR count). The first-order chi connectivity index (χ1) is 10.2. The van der Waals surface area contributed by atoms with E-state index in [2.05, 4.69) is 11.4 Å². The monoisotopic (exact) mass is 287 g/mol. The van der Waals surface area contributed by atoms with Crippen LogP contribution in [0.2, 0.25) is 0 Å². The van der Waals surface area contributed by atoms with Gasteiger partial charge in [-0.15, -0.1) is 0 Å². The highest BCUT2D eigenvalue weighted by Gasteiger charge is 2.20. The maximum Gasteiger partial charge on any atom is 0.124 e. The Bertz CT molecular complexity index is 657. The maximum atomic E-state index is 13.6. The summed E-state index contributed by atoms with van der Waals surface area (Å²) in [7, 11) is 3.46. The first-order valence-electron chi connectivity index (χ1n) is 6.99. The van der Waals surface area contributed by atoms with E-state index in [0.717, 1.165) is 29.9 Å². The average Bonchev–Trinajstić information content (AvgIpc) is 2.96. The fourth-order valence-electron chi connectivity index (χ4n) is 2.82. The Morgan fingerprint density at radius 2 is 2.10 bits per heavy atom. The van der Waals surface area contributed by atoms with E-state index in [0.29, 0.717) is 5.75 Å². The second-order valence-electron chi connectivity index (χ2n) is 5.07. The summed E-state index contributed by atoms with van der Waals surface area (Å²) in [5.41, 5.74) is 3.06. The van der Waals surface area contributed by atoms with Gasteiger partial charge in [0.25, 0.3) is 0 Å². The van der Waals surface area contributed by atoms with E-state index >= 15 is 0 Å². The lowest BCUT2D eigenvalue weighted by Crippen LogP contribution is -2.18. The van der Waals surface area contributed by atoms with Crippen LogP contribution in [0.3, 0.4) is 0 Å². The molecule has 21 heavy (non-hydrogen) atoms. The summed E-state index contributed by atoms with van der Waals surface area (Å²) >= 11 is 0. The molecule has 4 heteroatoms. The zero-order valence-corrected chi connectivity index (χ0v) is 12.2. The number of ether oxygens (including phenoxy) is 2. The van der Waals surface area contributed by atoms with Gasteiger partial charge in [-0.2, -0.15) is 0 Å². The molecule has 0 aliphatic carbocycles. The molecule has 1 N–H and O–H groups in total. The number of benzene rings is 2. The molecule has 1 atom stereocenters. The minimum atomic E-state index is -0.268. The number of nitrogens with one attached hydrogen (secondary N) is 1. The number of hydrogen-bond acceptors (Lipinski definition) is 3. The second kappa shape index (κ2) is 5.74. The summed E-state index contributed by atoms with van der Waals surface area (Å²) in [6.07, 6.45) is 0.917. The van der Waals surface area contributed by atoms with Crippen LogP contribution in [0.5, 0.6) is 11.5 Å².